The second-order valence-electron chi connectivity index (χ2n) is 4.71. The Kier molecular flexibility index (Phi) is 4.85. The van der Waals surface area contributed by atoms with Crippen molar-refractivity contribution >= 4 is 11.8 Å². The average Bonchev–Trinajstić information content (AvgIpc) is 2.50. The molecule has 0 bridgehead atoms. The van der Waals surface area contributed by atoms with Crippen LogP contribution in [0.5, 0.6) is 0 Å². The Morgan fingerprint density at radius 2 is 1.76 bits per heavy atom. The summed E-state index contributed by atoms with van der Waals surface area (Å²) in [4.78, 5) is 26.8. The van der Waals surface area contributed by atoms with Crippen molar-refractivity contribution in [2.75, 3.05) is 39.9 Å². The van der Waals surface area contributed by atoms with Crippen molar-refractivity contribution in [1.29, 1.82) is 0 Å². The van der Waals surface area contributed by atoms with E-state index >= 15 is 0 Å². The summed E-state index contributed by atoms with van der Waals surface area (Å²) in [5, 5.41) is 0. The number of methoxy groups -OCH3 is 1. The van der Waals surface area contributed by atoms with Gasteiger partial charge in [0, 0.05) is 33.3 Å². The minimum Gasteiger partial charge on any atom is -0.375 e. The van der Waals surface area contributed by atoms with Crippen LogP contribution in [0.4, 0.5) is 8.78 Å². The Hall–Kier alpha value is -2.02. The molecular formula is C14H16F2N2O3. The van der Waals surface area contributed by atoms with E-state index in [-0.39, 0.29) is 31.2 Å². The van der Waals surface area contributed by atoms with Gasteiger partial charge in [-0.15, -0.1) is 0 Å². The lowest BCUT2D eigenvalue weighted by Gasteiger charge is -2.34. The normalized spacial score (nSPS) is 15.2. The third-order valence-corrected chi connectivity index (χ3v) is 3.37. The molecule has 1 fully saturated rings. The van der Waals surface area contributed by atoms with Crippen LogP contribution in [0.2, 0.25) is 0 Å². The van der Waals surface area contributed by atoms with Crippen LogP contribution >= 0.6 is 0 Å². The first-order chi connectivity index (χ1) is 10.0. The van der Waals surface area contributed by atoms with Crippen LogP contribution in [0.15, 0.2) is 18.2 Å². The molecule has 0 saturated carbocycles. The van der Waals surface area contributed by atoms with Gasteiger partial charge in [-0.05, 0) is 12.1 Å². The minimum absolute atomic E-state index is 0.00747. The average molecular weight is 298 g/mol. The van der Waals surface area contributed by atoms with E-state index in [0.717, 1.165) is 6.07 Å². The van der Waals surface area contributed by atoms with Crippen LogP contribution in [0.25, 0.3) is 0 Å². The fraction of sp³-hybridized carbons (Fsp3) is 0.429. The van der Waals surface area contributed by atoms with Crippen LogP contribution < -0.4 is 0 Å². The molecule has 0 aliphatic carbocycles. The van der Waals surface area contributed by atoms with Gasteiger partial charge in [0.05, 0.1) is 5.56 Å². The zero-order valence-electron chi connectivity index (χ0n) is 11.6. The van der Waals surface area contributed by atoms with Gasteiger partial charge in [0.15, 0.2) is 11.6 Å². The standard InChI is InChI=1S/C14H16F2N2O3/c1-21-9-12(19)17-5-7-18(8-6-17)14(20)10-3-2-4-11(15)13(10)16/h2-4H,5-9H2,1H3. The summed E-state index contributed by atoms with van der Waals surface area (Å²) >= 11 is 0. The van der Waals surface area contributed by atoms with Gasteiger partial charge < -0.3 is 14.5 Å². The van der Waals surface area contributed by atoms with E-state index in [1.54, 1.807) is 4.90 Å². The highest BCUT2D eigenvalue weighted by atomic mass is 19.2. The number of benzene rings is 1. The van der Waals surface area contributed by atoms with E-state index < -0.39 is 17.5 Å². The van der Waals surface area contributed by atoms with Crippen molar-refractivity contribution < 1.29 is 23.1 Å². The number of carbonyl (C=O) groups excluding carboxylic acids is 2. The highest BCUT2D eigenvalue weighted by molar-refractivity contribution is 5.94. The van der Waals surface area contributed by atoms with Crippen molar-refractivity contribution in [2.45, 2.75) is 0 Å². The van der Waals surface area contributed by atoms with E-state index in [1.165, 1.54) is 24.1 Å². The van der Waals surface area contributed by atoms with Crippen LogP contribution in [-0.2, 0) is 9.53 Å². The summed E-state index contributed by atoms with van der Waals surface area (Å²) in [6, 6.07) is 3.51. The number of rotatable bonds is 3. The van der Waals surface area contributed by atoms with E-state index in [2.05, 4.69) is 0 Å². The van der Waals surface area contributed by atoms with Gasteiger partial charge in [-0.1, -0.05) is 6.07 Å². The zero-order chi connectivity index (χ0) is 15.4. The molecule has 0 spiro atoms. The molecule has 0 aromatic heterocycles. The number of piperazine rings is 1. The fourth-order valence-electron chi connectivity index (χ4n) is 2.21. The maximum atomic E-state index is 13.6. The van der Waals surface area contributed by atoms with Crippen molar-refractivity contribution in [1.82, 2.24) is 9.80 Å². The van der Waals surface area contributed by atoms with Gasteiger partial charge in [-0.25, -0.2) is 8.78 Å². The Morgan fingerprint density at radius 3 is 2.38 bits per heavy atom. The molecule has 2 amide bonds. The minimum atomic E-state index is -1.14. The molecule has 1 aromatic rings. The first-order valence-corrected chi connectivity index (χ1v) is 6.54. The smallest absolute Gasteiger partial charge is 0.257 e. The van der Waals surface area contributed by atoms with Gasteiger partial charge in [-0.3, -0.25) is 9.59 Å². The second kappa shape index (κ2) is 6.62. The molecule has 21 heavy (non-hydrogen) atoms. The Morgan fingerprint density at radius 1 is 1.14 bits per heavy atom. The SMILES string of the molecule is COCC(=O)N1CCN(C(=O)c2cccc(F)c2F)CC1. The number of amides is 2. The van der Waals surface area contributed by atoms with Crippen LogP contribution in [0.1, 0.15) is 10.4 Å². The van der Waals surface area contributed by atoms with Crippen LogP contribution in [-0.4, -0.2) is 61.5 Å². The molecule has 0 radical (unpaired) electrons. The predicted octanol–water partition coefficient (Wildman–Crippen LogP) is 0.896. The largest absolute Gasteiger partial charge is 0.375 e. The Labute approximate surface area is 121 Å². The van der Waals surface area contributed by atoms with Crippen LogP contribution in [0.3, 0.4) is 0 Å². The summed E-state index contributed by atoms with van der Waals surface area (Å²) in [5.74, 6) is -2.90. The Bertz CT molecular complexity index is 543. The topological polar surface area (TPSA) is 49.9 Å². The summed E-state index contributed by atoms with van der Waals surface area (Å²) in [6.07, 6.45) is 0. The summed E-state index contributed by atoms with van der Waals surface area (Å²) in [6.45, 7) is 1.26. The molecule has 1 aromatic carbocycles. The van der Waals surface area contributed by atoms with Crippen molar-refractivity contribution in [3.05, 3.63) is 35.4 Å². The molecule has 1 saturated heterocycles. The van der Waals surface area contributed by atoms with Gasteiger partial charge in [-0.2, -0.15) is 0 Å². The molecule has 0 atom stereocenters. The third kappa shape index (κ3) is 3.36. The summed E-state index contributed by atoms with van der Waals surface area (Å²) in [7, 11) is 1.43. The lowest BCUT2D eigenvalue weighted by molar-refractivity contribution is -0.136. The number of halogens is 2. The molecule has 0 N–H and O–H groups in total. The molecule has 1 aliphatic rings. The summed E-state index contributed by atoms with van der Waals surface area (Å²) < 4.78 is 31.5. The highest BCUT2D eigenvalue weighted by Crippen LogP contribution is 2.15. The Balaban J connectivity index is 2.00. The molecule has 5 nitrogen and oxygen atoms in total. The van der Waals surface area contributed by atoms with E-state index in [4.69, 9.17) is 4.74 Å². The first-order valence-electron chi connectivity index (χ1n) is 6.54. The molecular weight excluding hydrogens is 282 g/mol. The maximum Gasteiger partial charge on any atom is 0.257 e. The summed E-state index contributed by atoms with van der Waals surface area (Å²) in [5.41, 5.74) is -0.285. The number of carbonyl (C=O) groups is 2. The molecule has 114 valence electrons. The number of hydrogen-bond acceptors (Lipinski definition) is 3. The second-order valence-corrected chi connectivity index (χ2v) is 4.71. The van der Waals surface area contributed by atoms with Crippen molar-refractivity contribution in [2.24, 2.45) is 0 Å². The van der Waals surface area contributed by atoms with Gasteiger partial charge in [0.2, 0.25) is 5.91 Å². The molecule has 1 heterocycles. The quantitative estimate of drug-likeness (QED) is 0.833. The zero-order valence-corrected chi connectivity index (χ0v) is 11.6. The van der Waals surface area contributed by atoms with E-state index in [9.17, 15) is 18.4 Å². The fourth-order valence-corrected chi connectivity index (χ4v) is 2.21. The lowest BCUT2D eigenvalue weighted by atomic mass is 10.1. The first kappa shape index (κ1) is 15.4. The van der Waals surface area contributed by atoms with Gasteiger partial charge in [0.25, 0.3) is 5.91 Å². The third-order valence-electron chi connectivity index (χ3n) is 3.37. The van der Waals surface area contributed by atoms with Gasteiger partial charge in [0.1, 0.15) is 6.61 Å². The lowest BCUT2D eigenvalue weighted by Crippen LogP contribution is -2.51. The molecule has 0 unspecified atom stereocenters. The van der Waals surface area contributed by atoms with E-state index in [0.29, 0.717) is 13.1 Å². The predicted molar refractivity (Wildman–Crippen MR) is 70.7 cm³/mol. The molecule has 2 rings (SSSR count). The number of hydrogen-bond donors (Lipinski definition) is 0. The molecule has 7 heteroatoms. The number of nitrogens with zero attached hydrogens (tertiary/aromatic N) is 2. The number of ether oxygens (including phenoxy) is 1. The van der Waals surface area contributed by atoms with Gasteiger partial charge >= 0.3 is 0 Å². The van der Waals surface area contributed by atoms with Crippen LogP contribution in [0, 0.1) is 11.6 Å². The van der Waals surface area contributed by atoms with E-state index in [1.807, 2.05) is 0 Å². The van der Waals surface area contributed by atoms with Crippen molar-refractivity contribution in [3.63, 3.8) is 0 Å². The monoisotopic (exact) mass is 298 g/mol. The highest BCUT2D eigenvalue weighted by Gasteiger charge is 2.26. The maximum absolute atomic E-state index is 13.6. The van der Waals surface area contributed by atoms with Crippen molar-refractivity contribution in [3.8, 4) is 0 Å². The molecule has 1 aliphatic heterocycles.